The molecule has 0 saturated heterocycles. The van der Waals surface area contributed by atoms with Crippen molar-refractivity contribution in [1.29, 1.82) is 0 Å². The van der Waals surface area contributed by atoms with Crippen molar-refractivity contribution in [3.05, 3.63) is 35.6 Å². The molecule has 1 aromatic rings. The molecule has 0 radical (unpaired) electrons. The van der Waals surface area contributed by atoms with Gasteiger partial charge in [-0.1, -0.05) is 12.1 Å². The molecule has 0 heterocycles. The van der Waals surface area contributed by atoms with E-state index in [1.807, 2.05) is 6.07 Å². The molecule has 2 nitrogen and oxygen atoms in total. The Balaban J connectivity index is 2.55. The maximum absolute atomic E-state index is 12.9. The van der Waals surface area contributed by atoms with Crippen molar-refractivity contribution >= 4 is 0 Å². The summed E-state index contributed by atoms with van der Waals surface area (Å²) in [7, 11) is 0. The summed E-state index contributed by atoms with van der Waals surface area (Å²) < 4.78 is 12.9. The van der Waals surface area contributed by atoms with Crippen LogP contribution in [0.1, 0.15) is 18.4 Å². The van der Waals surface area contributed by atoms with Gasteiger partial charge >= 0.3 is 0 Å². The molecule has 0 spiro atoms. The molecule has 1 aromatic carbocycles. The van der Waals surface area contributed by atoms with Crippen molar-refractivity contribution in [3.8, 4) is 12.3 Å². The Morgan fingerprint density at radius 2 is 2.33 bits per heavy atom. The number of hydrazine groups is 1. The predicted molar refractivity (Wildman–Crippen MR) is 59.3 cm³/mol. The summed E-state index contributed by atoms with van der Waals surface area (Å²) >= 11 is 0. The molecule has 0 aromatic heterocycles. The highest BCUT2D eigenvalue weighted by molar-refractivity contribution is 5.17. The van der Waals surface area contributed by atoms with Gasteiger partial charge in [-0.05, 0) is 30.5 Å². The van der Waals surface area contributed by atoms with Crippen LogP contribution >= 0.6 is 0 Å². The van der Waals surface area contributed by atoms with Gasteiger partial charge < -0.3 is 0 Å². The van der Waals surface area contributed by atoms with Crippen LogP contribution in [0.4, 0.5) is 4.39 Å². The van der Waals surface area contributed by atoms with Gasteiger partial charge in [-0.3, -0.25) is 11.3 Å². The van der Waals surface area contributed by atoms with Crippen molar-refractivity contribution in [3.63, 3.8) is 0 Å². The first-order valence-electron chi connectivity index (χ1n) is 4.90. The molecule has 3 N–H and O–H groups in total. The molecule has 0 aliphatic rings. The van der Waals surface area contributed by atoms with Crippen LogP contribution in [0.2, 0.25) is 0 Å². The summed E-state index contributed by atoms with van der Waals surface area (Å²) in [6.07, 6.45) is 7.33. The van der Waals surface area contributed by atoms with Crippen LogP contribution in [0.15, 0.2) is 24.3 Å². The molecular weight excluding hydrogens is 191 g/mol. The average molecular weight is 206 g/mol. The Morgan fingerprint density at radius 3 is 2.93 bits per heavy atom. The van der Waals surface area contributed by atoms with Crippen molar-refractivity contribution in [2.45, 2.75) is 25.3 Å². The molecule has 1 rings (SSSR count). The van der Waals surface area contributed by atoms with Crippen LogP contribution in [0.25, 0.3) is 0 Å². The van der Waals surface area contributed by atoms with E-state index in [0.29, 0.717) is 12.8 Å². The lowest BCUT2D eigenvalue weighted by atomic mass is 10.0. The largest absolute Gasteiger partial charge is 0.271 e. The molecule has 3 heteroatoms. The zero-order chi connectivity index (χ0) is 11.1. The fourth-order valence-electron chi connectivity index (χ4n) is 1.45. The highest BCUT2D eigenvalue weighted by atomic mass is 19.1. The van der Waals surface area contributed by atoms with Crippen LogP contribution in [-0.2, 0) is 6.42 Å². The van der Waals surface area contributed by atoms with Gasteiger partial charge in [0.1, 0.15) is 5.82 Å². The normalized spacial score (nSPS) is 12.1. The summed E-state index contributed by atoms with van der Waals surface area (Å²) in [4.78, 5) is 0. The topological polar surface area (TPSA) is 38.0 Å². The van der Waals surface area contributed by atoms with E-state index in [2.05, 4.69) is 11.3 Å². The first kappa shape index (κ1) is 11.7. The molecule has 80 valence electrons. The van der Waals surface area contributed by atoms with Crippen LogP contribution in [0.3, 0.4) is 0 Å². The average Bonchev–Trinajstić information content (AvgIpc) is 2.24. The lowest BCUT2D eigenvalue weighted by Gasteiger charge is -2.14. The Kier molecular flexibility index (Phi) is 4.82. The smallest absolute Gasteiger partial charge is 0.123 e. The Bertz CT molecular complexity index is 344. The predicted octanol–water partition coefficient (Wildman–Crippen LogP) is 1.61. The van der Waals surface area contributed by atoms with Crippen LogP contribution in [0, 0.1) is 18.2 Å². The molecule has 0 fully saturated rings. The van der Waals surface area contributed by atoms with Crippen molar-refractivity contribution < 1.29 is 4.39 Å². The lowest BCUT2D eigenvalue weighted by molar-refractivity contribution is 0.496. The van der Waals surface area contributed by atoms with Crippen molar-refractivity contribution in [2.75, 3.05) is 0 Å². The third-order valence-corrected chi connectivity index (χ3v) is 2.24. The van der Waals surface area contributed by atoms with Gasteiger partial charge in [0, 0.05) is 12.5 Å². The summed E-state index contributed by atoms with van der Waals surface area (Å²) in [5, 5.41) is 0. The lowest BCUT2D eigenvalue weighted by Crippen LogP contribution is -2.36. The number of benzene rings is 1. The van der Waals surface area contributed by atoms with E-state index < -0.39 is 0 Å². The summed E-state index contributed by atoms with van der Waals surface area (Å²) in [6, 6.07) is 6.61. The minimum Gasteiger partial charge on any atom is -0.271 e. The molecule has 0 amide bonds. The molecule has 1 atom stereocenters. The number of nitrogens with two attached hydrogens (primary N) is 1. The van der Waals surface area contributed by atoms with Crippen LogP contribution in [-0.4, -0.2) is 6.04 Å². The summed E-state index contributed by atoms with van der Waals surface area (Å²) in [5.41, 5.74) is 3.61. The van der Waals surface area contributed by atoms with E-state index in [1.54, 1.807) is 6.07 Å². The third kappa shape index (κ3) is 4.11. The summed E-state index contributed by atoms with van der Waals surface area (Å²) in [6.45, 7) is 0. The Morgan fingerprint density at radius 1 is 1.53 bits per heavy atom. The molecule has 15 heavy (non-hydrogen) atoms. The first-order chi connectivity index (χ1) is 7.26. The SMILES string of the molecule is C#CCCC(Cc1cccc(F)c1)NN. The highest BCUT2D eigenvalue weighted by Gasteiger charge is 2.07. The van der Waals surface area contributed by atoms with E-state index in [1.165, 1.54) is 12.1 Å². The number of hydrogen-bond acceptors (Lipinski definition) is 2. The third-order valence-electron chi connectivity index (χ3n) is 2.24. The van der Waals surface area contributed by atoms with E-state index in [-0.39, 0.29) is 11.9 Å². The minimum atomic E-state index is -0.222. The molecule has 0 bridgehead atoms. The second-order valence-corrected chi connectivity index (χ2v) is 3.44. The molecule has 0 aliphatic heterocycles. The van der Waals surface area contributed by atoms with Gasteiger partial charge in [0.05, 0.1) is 0 Å². The van der Waals surface area contributed by atoms with E-state index in [4.69, 9.17) is 12.3 Å². The van der Waals surface area contributed by atoms with Crippen LogP contribution < -0.4 is 11.3 Å². The fourth-order valence-corrected chi connectivity index (χ4v) is 1.45. The van der Waals surface area contributed by atoms with Gasteiger partial charge in [0.25, 0.3) is 0 Å². The van der Waals surface area contributed by atoms with Gasteiger partial charge in [-0.15, -0.1) is 12.3 Å². The van der Waals surface area contributed by atoms with Gasteiger partial charge in [0.15, 0.2) is 0 Å². The molecule has 1 unspecified atom stereocenters. The van der Waals surface area contributed by atoms with Gasteiger partial charge in [0.2, 0.25) is 0 Å². The van der Waals surface area contributed by atoms with E-state index in [0.717, 1.165) is 12.0 Å². The summed E-state index contributed by atoms with van der Waals surface area (Å²) in [5.74, 6) is 7.73. The fraction of sp³-hybridized carbons (Fsp3) is 0.333. The van der Waals surface area contributed by atoms with Crippen molar-refractivity contribution in [2.24, 2.45) is 5.84 Å². The molecule has 0 saturated carbocycles. The van der Waals surface area contributed by atoms with E-state index in [9.17, 15) is 4.39 Å². The van der Waals surface area contributed by atoms with Gasteiger partial charge in [-0.2, -0.15) is 0 Å². The Labute approximate surface area is 89.6 Å². The maximum Gasteiger partial charge on any atom is 0.123 e. The molecule has 0 aliphatic carbocycles. The monoisotopic (exact) mass is 206 g/mol. The number of halogens is 1. The standard InChI is InChI=1S/C12H15FN2/c1-2-3-7-12(15-14)9-10-5-4-6-11(13)8-10/h1,4-6,8,12,15H,3,7,9,14H2. The Hall–Kier alpha value is -1.37. The zero-order valence-electron chi connectivity index (χ0n) is 8.54. The van der Waals surface area contributed by atoms with Crippen LogP contribution in [0.5, 0.6) is 0 Å². The number of hydrogen-bond donors (Lipinski definition) is 2. The number of rotatable bonds is 5. The zero-order valence-corrected chi connectivity index (χ0v) is 8.54. The second-order valence-electron chi connectivity index (χ2n) is 3.44. The quantitative estimate of drug-likeness (QED) is 0.436. The first-order valence-corrected chi connectivity index (χ1v) is 4.90. The highest BCUT2D eigenvalue weighted by Crippen LogP contribution is 2.08. The second kappa shape index (κ2) is 6.18. The van der Waals surface area contributed by atoms with E-state index >= 15 is 0 Å². The maximum atomic E-state index is 12.9. The number of nitrogens with one attached hydrogen (secondary N) is 1. The van der Waals surface area contributed by atoms with Gasteiger partial charge in [-0.25, -0.2) is 4.39 Å². The number of terminal acetylenes is 1. The van der Waals surface area contributed by atoms with Crippen molar-refractivity contribution in [1.82, 2.24) is 5.43 Å². The minimum absolute atomic E-state index is 0.0999. The molecular formula is C12H15FN2.